The van der Waals surface area contributed by atoms with Gasteiger partial charge in [-0.15, -0.1) is 0 Å². The van der Waals surface area contributed by atoms with Crippen molar-refractivity contribution in [2.75, 3.05) is 34.4 Å². The molecule has 4 nitrogen and oxygen atoms in total. The highest BCUT2D eigenvalue weighted by molar-refractivity contribution is 6.36. The van der Waals surface area contributed by atoms with Crippen molar-refractivity contribution in [1.82, 2.24) is 0 Å². The van der Waals surface area contributed by atoms with Gasteiger partial charge in [0.05, 0.1) is 21.1 Å². The Morgan fingerprint density at radius 1 is 0.833 bits per heavy atom. The lowest BCUT2D eigenvalue weighted by molar-refractivity contribution is -0.916. The average Bonchev–Trinajstić information content (AvgIpc) is 2.53. The summed E-state index contributed by atoms with van der Waals surface area (Å²) in [6.07, 6.45) is 8.81. The number of hydrogen-bond acceptors (Lipinski definition) is 3. The van der Waals surface area contributed by atoms with E-state index in [0.717, 1.165) is 49.4 Å². The molecule has 0 aromatic carbocycles. The monoisotopic (exact) mass is 345 g/mol. The molecule has 0 N–H and O–H groups in total. The summed E-state index contributed by atoms with van der Waals surface area (Å²) in [6.45, 7) is 13.6. The first-order chi connectivity index (χ1) is 11.4. The van der Waals surface area contributed by atoms with Crippen LogP contribution in [0.4, 0.5) is 0 Å². The smallest absolute Gasteiger partial charge is 0.386 e. The van der Waals surface area contributed by atoms with Gasteiger partial charge >= 0.3 is 7.32 Å². The van der Waals surface area contributed by atoms with Crippen molar-refractivity contribution in [2.45, 2.75) is 85.3 Å². The Kier molecular flexibility index (Phi) is 19.3. The van der Waals surface area contributed by atoms with E-state index in [1.165, 1.54) is 6.42 Å². The molecule has 0 aliphatic rings. The summed E-state index contributed by atoms with van der Waals surface area (Å²) in [4.78, 5) is 0. The second kappa shape index (κ2) is 17.7. The molecule has 0 rings (SSSR count). The van der Waals surface area contributed by atoms with E-state index in [9.17, 15) is 0 Å². The van der Waals surface area contributed by atoms with Gasteiger partial charge in [0.25, 0.3) is 0 Å². The Bertz CT molecular complexity index is 235. The van der Waals surface area contributed by atoms with Crippen molar-refractivity contribution >= 4 is 7.32 Å². The highest BCUT2D eigenvalue weighted by Gasteiger charge is 2.32. The van der Waals surface area contributed by atoms with Crippen molar-refractivity contribution in [3.63, 3.8) is 0 Å². The molecule has 1 atom stereocenters. The van der Waals surface area contributed by atoms with E-state index >= 15 is 0 Å². The van der Waals surface area contributed by atoms with Gasteiger partial charge in [-0.25, -0.2) is 0 Å². The Morgan fingerprint density at radius 2 is 1.29 bits per heavy atom. The highest BCUT2D eigenvalue weighted by atomic mass is 16.7. The maximum atomic E-state index is 6.08. The Balaban J connectivity index is 0. The van der Waals surface area contributed by atoms with Gasteiger partial charge in [0.15, 0.2) is 6.23 Å². The van der Waals surface area contributed by atoms with Gasteiger partial charge in [-0.05, 0) is 19.3 Å². The number of rotatable bonds is 14. The second-order valence-electron chi connectivity index (χ2n) is 7.09. The van der Waals surface area contributed by atoms with Crippen molar-refractivity contribution in [3.8, 4) is 0 Å². The number of quaternary nitrogens is 1. The molecule has 1 unspecified atom stereocenters. The lowest BCUT2D eigenvalue weighted by Crippen LogP contribution is -2.50. The largest absolute Gasteiger partial charge is 0.643 e. The van der Waals surface area contributed by atoms with Crippen molar-refractivity contribution in [1.29, 1.82) is 0 Å². The summed E-state index contributed by atoms with van der Waals surface area (Å²) in [5, 5.41) is 0. The van der Waals surface area contributed by atoms with Gasteiger partial charge in [0.1, 0.15) is 0 Å². The van der Waals surface area contributed by atoms with Gasteiger partial charge in [-0.1, -0.05) is 47.0 Å². The van der Waals surface area contributed by atoms with Crippen molar-refractivity contribution in [3.05, 3.63) is 6.92 Å². The molecule has 0 aliphatic heterocycles. The third-order valence-corrected chi connectivity index (χ3v) is 3.52. The van der Waals surface area contributed by atoms with Crippen LogP contribution in [0.1, 0.15) is 79.1 Å². The molecule has 0 bridgehead atoms. The normalized spacial score (nSPS) is 12.5. The third-order valence-electron chi connectivity index (χ3n) is 3.52. The van der Waals surface area contributed by atoms with Crippen LogP contribution in [0.5, 0.6) is 0 Å². The molecule has 0 spiro atoms. The topological polar surface area (TPSA) is 27.7 Å². The first-order valence-corrected chi connectivity index (χ1v) is 9.86. The van der Waals surface area contributed by atoms with Crippen LogP contribution >= 0.6 is 0 Å². The Labute approximate surface area is 153 Å². The minimum Gasteiger partial charge on any atom is -0.386 e. The summed E-state index contributed by atoms with van der Waals surface area (Å²) in [7, 11) is 5.92. The standard InChI is InChI=1S/C15H35BNO3.C4H9/c1-7-10-13-18-16(19-14-11-8-2)20-15(12-9-3)17(4,5)6;1-3-4-2/h15H,7-14H2,1-6H3;1,3-4H2,2H3/q+1;-1. The predicted octanol–water partition coefficient (Wildman–Crippen LogP) is 5.07. The van der Waals surface area contributed by atoms with Gasteiger partial charge in [-0.2, -0.15) is 6.42 Å². The van der Waals surface area contributed by atoms with Crippen LogP contribution in [-0.2, 0) is 14.0 Å². The zero-order valence-corrected chi connectivity index (χ0v) is 17.6. The number of nitrogens with zero attached hydrogens (tertiary/aromatic N) is 1. The molecular formula is C19H44BNO3. The first kappa shape index (κ1) is 26.1. The van der Waals surface area contributed by atoms with Crippen LogP contribution in [0.15, 0.2) is 0 Å². The average molecular weight is 345 g/mol. The maximum absolute atomic E-state index is 6.08. The van der Waals surface area contributed by atoms with E-state index in [0.29, 0.717) is 13.2 Å². The van der Waals surface area contributed by atoms with Crippen molar-refractivity contribution < 1.29 is 18.4 Å². The lowest BCUT2D eigenvalue weighted by Gasteiger charge is -2.34. The van der Waals surface area contributed by atoms with Gasteiger partial charge in [0, 0.05) is 19.6 Å². The van der Waals surface area contributed by atoms with E-state index in [1.807, 2.05) is 0 Å². The molecule has 0 aliphatic carbocycles. The molecule has 146 valence electrons. The molecule has 0 heterocycles. The second-order valence-corrected chi connectivity index (χ2v) is 7.09. The minimum atomic E-state index is -0.526. The Morgan fingerprint density at radius 3 is 1.58 bits per heavy atom. The van der Waals surface area contributed by atoms with E-state index < -0.39 is 7.32 Å². The molecule has 0 saturated carbocycles. The number of hydrogen-bond donors (Lipinski definition) is 0. The molecule has 0 saturated heterocycles. The summed E-state index contributed by atoms with van der Waals surface area (Å²) < 4.78 is 18.3. The van der Waals surface area contributed by atoms with Crippen LogP contribution in [-0.4, -0.2) is 52.4 Å². The van der Waals surface area contributed by atoms with E-state index in [-0.39, 0.29) is 6.23 Å². The summed E-state index contributed by atoms with van der Waals surface area (Å²) >= 11 is 0. The fourth-order valence-corrected chi connectivity index (χ4v) is 1.79. The highest BCUT2D eigenvalue weighted by Crippen LogP contribution is 2.14. The van der Waals surface area contributed by atoms with Crippen LogP contribution in [0.25, 0.3) is 0 Å². The minimum absolute atomic E-state index is 0.105. The lowest BCUT2D eigenvalue weighted by atomic mass is 10.1. The van der Waals surface area contributed by atoms with Crippen LogP contribution in [0.2, 0.25) is 0 Å². The van der Waals surface area contributed by atoms with E-state index in [2.05, 4.69) is 55.8 Å². The summed E-state index contributed by atoms with van der Waals surface area (Å²) in [5.41, 5.74) is 0. The maximum Gasteiger partial charge on any atom is 0.643 e. The van der Waals surface area contributed by atoms with Crippen LogP contribution < -0.4 is 0 Å². The Hall–Kier alpha value is -0.0951. The van der Waals surface area contributed by atoms with Crippen LogP contribution in [0, 0.1) is 6.92 Å². The molecule has 0 aromatic rings. The van der Waals surface area contributed by atoms with E-state index in [1.54, 1.807) is 0 Å². The zero-order chi connectivity index (χ0) is 18.8. The SMILES string of the molecule is CCCCOB(OCCCC)OC(CCC)[N+](C)(C)C.[CH2-]CCC. The number of unbranched alkanes of at least 4 members (excludes halogenated alkanes) is 3. The van der Waals surface area contributed by atoms with Gasteiger partial charge in [-0.3, -0.25) is 0 Å². The zero-order valence-electron chi connectivity index (χ0n) is 17.6. The molecular weight excluding hydrogens is 301 g/mol. The van der Waals surface area contributed by atoms with Crippen LogP contribution in [0.3, 0.4) is 0 Å². The fourth-order valence-electron chi connectivity index (χ4n) is 1.79. The summed E-state index contributed by atoms with van der Waals surface area (Å²) in [6, 6.07) is 0. The fraction of sp³-hybridized carbons (Fsp3) is 0.947. The molecule has 0 amide bonds. The molecule has 0 radical (unpaired) electrons. The van der Waals surface area contributed by atoms with Crippen molar-refractivity contribution in [2.24, 2.45) is 0 Å². The third kappa shape index (κ3) is 16.8. The molecule has 24 heavy (non-hydrogen) atoms. The predicted molar refractivity (Wildman–Crippen MR) is 106 cm³/mol. The first-order valence-electron chi connectivity index (χ1n) is 9.86. The summed E-state index contributed by atoms with van der Waals surface area (Å²) in [5.74, 6) is 0. The van der Waals surface area contributed by atoms with Gasteiger partial charge in [0.2, 0.25) is 0 Å². The quantitative estimate of drug-likeness (QED) is 0.145. The van der Waals surface area contributed by atoms with Gasteiger partial charge < -0.3 is 25.4 Å². The molecule has 0 aromatic heterocycles. The molecule has 0 fully saturated rings. The van der Waals surface area contributed by atoms with E-state index in [4.69, 9.17) is 14.0 Å². The molecule has 5 heteroatoms.